The quantitative estimate of drug-likeness (QED) is 0.884. The van der Waals surface area contributed by atoms with Crippen molar-refractivity contribution in [2.24, 2.45) is 0 Å². The summed E-state index contributed by atoms with van der Waals surface area (Å²) in [6, 6.07) is 2.37. The monoisotopic (exact) mass is 342 g/mol. The van der Waals surface area contributed by atoms with Crippen LogP contribution in [0.2, 0.25) is 10.0 Å². The van der Waals surface area contributed by atoms with E-state index in [1.807, 2.05) is 0 Å². The van der Waals surface area contributed by atoms with Crippen molar-refractivity contribution >= 4 is 46.0 Å². The standard InChI is InChI=1S/C13H12Cl2N4O3/c1-16-13(22)18-10(20)2-3-19-6-17-11-8(12(19)21)4-7(14)5-9(11)15/h4-6H,2-3H2,1H3,(H2,16,18,20,22). The SMILES string of the molecule is CNC(=O)NC(=O)CCn1cnc2c(Cl)cc(Cl)cc2c1=O. The molecule has 0 atom stereocenters. The molecule has 0 saturated carbocycles. The Morgan fingerprint density at radius 3 is 2.73 bits per heavy atom. The Kier molecular flexibility index (Phi) is 4.99. The van der Waals surface area contributed by atoms with E-state index in [-0.39, 0.29) is 28.9 Å². The van der Waals surface area contributed by atoms with E-state index in [1.165, 1.54) is 30.1 Å². The number of hydrogen-bond acceptors (Lipinski definition) is 4. The Labute approximate surface area is 135 Å². The van der Waals surface area contributed by atoms with Gasteiger partial charge in [-0.3, -0.25) is 19.5 Å². The normalized spacial score (nSPS) is 10.5. The number of carbonyl (C=O) groups is 2. The molecule has 2 N–H and O–H groups in total. The maximum atomic E-state index is 12.3. The number of hydrogen-bond donors (Lipinski definition) is 2. The fourth-order valence-electron chi connectivity index (χ4n) is 1.83. The van der Waals surface area contributed by atoms with Crippen molar-refractivity contribution in [2.75, 3.05) is 7.05 Å². The highest BCUT2D eigenvalue weighted by Gasteiger charge is 2.11. The molecule has 0 aliphatic heterocycles. The van der Waals surface area contributed by atoms with Crippen LogP contribution in [0.5, 0.6) is 0 Å². The molecule has 3 amide bonds. The molecular formula is C13H12Cl2N4O3. The van der Waals surface area contributed by atoms with Crippen molar-refractivity contribution < 1.29 is 9.59 Å². The first kappa shape index (κ1) is 16.3. The summed E-state index contributed by atoms with van der Waals surface area (Å²) in [6.45, 7) is 0.0781. The van der Waals surface area contributed by atoms with Gasteiger partial charge < -0.3 is 5.32 Å². The van der Waals surface area contributed by atoms with Gasteiger partial charge in [-0.15, -0.1) is 0 Å². The Hall–Kier alpha value is -2.12. The van der Waals surface area contributed by atoms with Gasteiger partial charge in [0, 0.05) is 25.0 Å². The second-order valence-corrected chi connectivity index (χ2v) is 5.25. The molecule has 0 aliphatic rings. The van der Waals surface area contributed by atoms with Crippen molar-refractivity contribution in [3.05, 3.63) is 38.9 Å². The number of nitrogens with zero attached hydrogens (tertiary/aromatic N) is 2. The second kappa shape index (κ2) is 6.76. The van der Waals surface area contributed by atoms with Gasteiger partial charge in [-0.05, 0) is 12.1 Å². The van der Waals surface area contributed by atoms with Crippen LogP contribution < -0.4 is 16.2 Å². The lowest BCUT2D eigenvalue weighted by Gasteiger charge is -2.08. The molecule has 0 saturated heterocycles. The predicted octanol–water partition coefficient (Wildman–Crippen LogP) is 1.55. The second-order valence-electron chi connectivity index (χ2n) is 4.40. The molecular weight excluding hydrogens is 331 g/mol. The van der Waals surface area contributed by atoms with Gasteiger partial charge in [0.25, 0.3) is 5.56 Å². The number of imide groups is 1. The molecule has 1 aromatic carbocycles. The summed E-state index contributed by atoms with van der Waals surface area (Å²) < 4.78 is 1.26. The zero-order valence-electron chi connectivity index (χ0n) is 11.5. The highest BCUT2D eigenvalue weighted by atomic mass is 35.5. The van der Waals surface area contributed by atoms with E-state index in [4.69, 9.17) is 23.2 Å². The molecule has 1 aromatic heterocycles. The molecule has 0 bridgehead atoms. The number of benzene rings is 1. The van der Waals surface area contributed by atoms with Crippen LogP contribution >= 0.6 is 23.2 Å². The number of nitrogens with one attached hydrogen (secondary N) is 2. The van der Waals surface area contributed by atoms with Crippen molar-refractivity contribution in [1.29, 1.82) is 0 Å². The first-order valence-electron chi connectivity index (χ1n) is 6.28. The van der Waals surface area contributed by atoms with Gasteiger partial charge in [-0.1, -0.05) is 23.2 Å². The average molecular weight is 343 g/mol. The lowest BCUT2D eigenvalue weighted by molar-refractivity contribution is -0.120. The number of halogens is 2. The van der Waals surface area contributed by atoms with E-state index >= 15 is 0 Å². The molecule has 116 valence electrons. The minimum Gasteiger partial charge on any atom is -0.341 e. The van der Waals surface area contributed by atoms with Gasteiger partial charge in [0.2, 0.25) is 5.91 Å². The summed E-state index contributed by atoms with van der Waals surface area (Å²) >= 11 is 11.9. The van der Waals surface area contributed by atoms with Gasteiger partial charge in [-0.25, -0.2) is 9.78 Å². The molecule has 1 heterocycles. The van der Waals surface area contributed by atoms with Crippen molar-refractivity contribution in [2.45, 2.75) is 13.0 Å². The zero-order chi connectivity index (χ0) is 16.3. The lowest BCUT2D eigenvalue weighted by Crippen LogP contribution is -2.38. The molecule has 0 aliphatic carbocycles. The van der Waals surface area contributed by atoms with Crippen LogP contribution in [0.1, 0.15) is 6.42 Å². The molecule has 7 nitrogen and oxygen atoms in total. The summed E-state index contributed by atoms with van der Waals surface area (Å²) in [4.78, 5) is 38.9. The van der Waals surface area contributed by atoms with E-state index in [2.05, 4.69) is 15.6 Å². The maximum Gasteiger partial charge on any atom is 0.321 e. The zero-order valence-corrected chi connectivity index (χ0v) is 13.0. The largest absolute Gasteiger partial charge is 0.341 e. The number of urea groups is 1. The summed E-state index contributed by atoms with van der Waals surface area (Å²) in [5.74, 6) is -0.504. The Morgan fingerprint density at radius 1 is 1.32 bits per heavy atom. The van der Waals surface area contributed by atoms with Crippen LogP contribution in [-0.4, -0.2) is 28.5 Å². The number of aromatic nitrogens is 2. The van der Waals surface area contributed by atoms with Crippen molar-refractivity contribution in [1.82, 2.24) is 20.2 Å². The van der Waals surface area contributed by atoms with Crippen LogP contribution in [0.25, 0.3) is 10.9 Å². The van der Waals surface area contributed by atoms with Crippen molar-refractivity contribution in [3.63, 3.8) is 0 Å². The van der Waals surface area contributed by atoms with E-state index < -0.39 is 11.9 Å². The first-order chi connectivity index (χ1) is 10.4. The number of aryl methyl sites for hydroxylation is 1. The minimum absolute atomic E-state index is 0.0468. The Bertz CT molecular complexity index is 804. The van der Waals surface area contributed by atoms with E-state index in [0.29, 0.717) is 10.5 Å². The number of amides is 3. The van der Waals surface area contributed by atoms with Crippen LogP contribution in [-0.2, 0) is 11.3 Å². The number of carbonyl (C=O) groups excluding carboxylic acids is 2. The Morgan fingerprint density at radius 2 is 2.05 bits per heavy atom. The van der Waals surface area contributed by atoms with Gasteiger partial charge in [0.1, 0.15) is 0 Å². The molecule has 0 spiro atoms. The summed E-state index contributed by atoms with van der Waals surface area (Å²) in [5, 5.41) is 5.25. The Balaban J connectivity index is 2.23. The summed E-state index contributed by atoms with van der Waals surface area (Å²) in [6.07, 6.45) is 1.26. The third kappa shape index (κ3) is 3.55. The van der Waals surface area contributed by atoms with Gasteiger partial charge >= 0.3 is 6.03 Å². The predicted molar refractivity (Wildman–Crippen MR) is 83.2 cm³/mol. The van der Waals surface area contributed by atoms with E-state index in [1.54, 1.807) is 0 Å². The fraction of sp³-hybridized carbons (Fsp3) is 0.231. The molecule has 2 aromatic rings. The molecule has 0 radical (unpaired) electrons. The highest BCUT2D eigenvalue weighted by molar-refractivity contribution is 6.38. The van der Waals surface area contributed by atoms with Crippen LogP contribution in [0.4, 0.5) is 4.79 Å². The maximum absolute atomic E-state index is 12.3. The van der Waals surface area contributed by atoms with E-state index in [9.17, 15) is 14.4 Å². The summed E-state index contributed by atoms with van der Waals surface area (Å²) in [5.41, 5.74) is -0.00993. The molecule has 9 heteroatoms. The third-order valence-electron chi connectivity index (χ3n) is 2.91. The minimum atomic E-state index is -0.604. The third-order valence-corrected chi connectivity index (χ3v) is 3.41. The van der Waals surface area contributed by atoms with E-state index in [0.717, 1.165) is 0 Å². The topological polar surface area (TPSA) is 93.1 Å². The van der Waals surface area contributed by atoms with Crippen molar-refractivity contribution in [3.8, 4) is 0 Å². The van der Waals surface area contributed by atoms with Gasteiger partial charge in [0.15, 0.2) is 0 Å². The molecule has 2 rings (SSSR count). The lowest BCUT2D eigenvalue weighted by atomic mass is 10.2. The van der Waals surface area contributed by atoms with Crippen LogP contribution in [0, 0.1) is 0 Å². The van der Waals surface area contributed by atoms with Crippen LogP contribution in [0.3, 0.4) is 0 Å². The average Bonchev–Trinajstić information content (AvgIpc) is 2.47. The number of fused-ring (bicyclic) bond motifs is 1. The molecule has 0 unspecified atom stereocenters. The summed E-state index contributed by atoms with van der Waals surface area (Å²) in [7, 11) is 1.40. The molecule has 0 fully saturated rings. The first-order valence-corrected chi connectivity index (χ1v) is 7.03. The van der Waals surface area contributed by atoms with Crippen LogP contribution in [0.15, 0.2) is 23.3 Å². The fourth-order valence-corrected chi connectivity index (χ4v) is 2.37. The van der Waals surface area contributed by atoms with Gasteiger partial charge in [0.05, 0.1) is 22.3 Å². The van der Waals surface area contributed by atoms with Gasteiger partial charge in [-0.2, -0.15) is 0 Å². The smallest absolute Gasteiger partial charge is 0.321 e. The highest BCUT2D eigenvalue weighted by Crippen LogP contribution is 2.23. The molecule has 22 heavy (non-hydrogen) atoms. The number of rotatable bonds is 3.